The van der Waals surface area contributed by atoms with E-state index in [9.17, 15) is 4.79 Å². The molecule has 0 aliphatic carbocycles. The summed E-state index contributed by atoms with van der Waals surface area (Å²) < 4.78 is 4.84. The molecule has 0 bridgehead atoms. The van der Waals surface area contributed by atoms with Gasteiger partial charge in [0.05, 0.1) is 12.5 Å². The van der Waals surface area contributed by atoms with Crippen molar-refractivity contribution in [2.45, 2.75) is 65.3 Å². The van der Waals surface area contributed by atoms with Gasteiger partial charge in [0.1, 0.15) is 0 Å². The summed E-state index contributed by atoms with van der Waals surface area (Å²) >= 11 is 2.76. The van der Waals surface area contributed by atoms with Crippen LogP contribution in [0.2, 0.25) is 58.9 Å². The fraction of sp³-hybridized carbons (Fsp3) is 0.929. The molecule has 0 aromatic heterocycles. The number of hydrogen-bond acceptors (Lipinski definition) is 2. The van der Waals surface area contributed by atoms with Gasteiger partial charge in [-0.1, -0.05) is 0 Å². The molecule has 126 valence electrons. The molecule has 0 spiro atoms. The van der Waals surface area contributed by atoms with Gasteiger partial charge in [0.25, 0.3) is 0 Å². The van der Waals surface area contributed by atoms with Gasteiger partial charge in [-0.15, -0.1) is 0 Å². The van der Waals surface area contributed by atoms with Gasteiger partial charge in [0.2, 0.25) is 0 Å². The van der Waals surface area contributed by atoms with Crippen molar-refractivity contribution in [3.63, 3.8) is 0 Å². The third-order valence-electron chi connectivity index (χ3n) is 5.78. The molecule has 1 saturated heterocycles. The fourth-order valence-electron chi connectivity index (χ4n) is 4.10. The predicted octanol–water partition coefficient (Wildman–Crippen LogP) is 3.46. The van der Waals surface area contributed by atoms with Gasteiger partial charge in [-0.05, 0) is 6.42 Å². The van der Waals surface area contributed by atoms with E-state index in [1.54, 1.807) is 0 Å². The number of carbonyl (C=O) groups is 1. The SMILES string of the molecule is O=C(O)C1CCOC1.[Li][Si]([Si](C)(C)C)([Si](C)(C)C)[Si](C)(C)C. The van der Waals surface area contributed by atoms with Gasteiger partial charge in [-0.2, -0.15) is 0 Å². The second-order valence-corrected chi connectivity index (χ2v) is 52.5. The van der Waals surface area contributed by atoms with Crippen LogP contribution < -0.4 is 0 Å². The molecule has 1 aliphatic rings. The second-order valence-electron chi connectivity index (χ2n) is 9.77. The Bertz CT molecular complexity index is 341. The molecular formula is C14H35LiO3Si4. The fourth-order valence-corrected chi connectivity index (χ4v) is 91.9. The van der Waals surface area contributed by atoms with Crippen LogP contribution in [0.4, 0.5) is 0 Å². The summed E-state index contributed by atoms with van der Waals surface area (Å²) in [5.74, 6) is -0.975. The van der Waals surface area contributed by atoms with Crippen LogP contribution >= 0.6 is 0 Å². The molecule has 22 heavy (non-hydrogen) atoms. The summed E-state index contributed by atoms with van der Waals surface area (Å²) in [6.07, 6.45) is 0.676. The van der Waals surface area contributed by atoms with Crippen LogP contribution in [0.25, 0.3) is 0 Å². The topological polar surface area (TPSA) is 46.5 Å². The van der Waals surface area contributed by atoms with E-state index >= 15 is 0 Å². The Labute approximate surface area is 149 Å². The standard InChI is InChI=1S/C9H27Si4.C5H8O3.Li/c1-11(2,3)10(12(4,5)6)13(7,8)9;6-5(7)4-1-2-8-3-4;/h1-9H3;4H,1-3H2,(H,6,7);. The summed E-state index contributed by atoms with van der Waals surface area (Å²) in [4.78, 5) is 9.18. The molecule has 1 unspecified atom stereocenters. The third kappa shape index (κ3) is 5.47. The molecule has 1 fully saturated rings. The Kier molecular flexibility index (Phi) is 8.17. The molecule has 1 rings (SSSR count). The Morgan fingerprint density at radius 2 is 1.32 bits per heavy atom. The van der Waals surface area contributed by atoms with E-state index in [0.29, 0.717) is 19.6 Å². The van der Waals surface area contributed by atoms with E-state index < -0.39 is 33.7 Å². The zero-order chi connectivity index (χ0) is 18.0. The van der Waals surface area contributed by atoms with Crippen LogP contribution in [-0.2, 0) is 9.53 Å². The molecule has 0 aromatic carbocycles. The minimum absolute atomic E-state index is 0.241. The minimum atomic E-state index is -0.938. The first-order valence-electron chi connectivity index (χ1n) is 8.36. The maximum absolute atomic E-state index is 10.1. The van der Waals surface area contributed by atoms with Crippen molar-refractivity contribution in [2.75, 3.05) is 13.2 Å². The first-order valence-corrected chi connectivity index (χ1v) is 24.4. The van der Waals surface area contributed by atoms with Crippen LogP contribution in [0.15, 0.2) is 0 Å². The normalized spacial score (nSPS) is 20.4. The average Bonchev–Trinajstić information content (AvgIpc) is 2.77. The Morgan fingerprint density at radius 1 is 0.955 bits per heavy atom. The summed E-state index contributed by atoms with van der Waals surface area (Å²) in [5.41, 5.74) is 0. The predicted molar refractivity (Wildman–Crippen MR) is 108 cm³/mol. The van der Waals surface area contributed by atoms with Gasteiger partial charge in [-0.25, -0.2) is 0 Å². The number of carboxylic acids is 1. The zero-order valence-electron chi connectivity index (χ0n) is 16.5. The van der Waals surface area contributed by atoms with Gasteiger partial charge < -0.3 is 9.84 Å². The van der Waals surface area contributed by atoms with Crippen molar-refractivity contribution in [3.05, 3.63) is 0 Å². The van der Waals surface area contributed by atoms with Crippen LogP contribution in [0, 0.1) is 5.92 Å². The third-order valence-corrected chi connectivity index (χ3v) is 82.3. The second kappa shape index (κ2) is 7.85. The average molecular weight is 371 g/mol. The summed E-state index contributed by atoms with van der Waals surface area (Å²) in [6, 6.07) is 0. The van der Waals surface area contributed by atoms with Crippen LogP contribution in [-0.4, -0.2) is 69.0 Å². The molecule has 0 aromatic rings. The van der Waals surface area contributed by atoms with Crippen molar-refractivity contribution >= 4 is 50.7 Å². The first kappa shape index (κ1) is 22.9. The molecule has 0 saturated carbocycles. The van der Waals surface area contributed by atoms with Crippen molar-refractivity contribution in [3.8, 4) is 0 Å². The maximum atomic E-state index is 10.1. The Morgan fingerprint density at radius 3 is 1.41 bits per heavy atom. The van der Waals surface area contributed by atoms with Gasteiger partial charge >= 0.3 is 110 Å². The quantitative estimate of drug-likeness (QED) is 0.771. The summed E-state index contributed by atoms with van der Waals surface area (Å²) in [7, 11) is -2.76. The Hall–Kier alpha value is 0.895. The molecule has 1 atom stereocenters. The van der Waals surface area contributed by atoms with E-state index in [-0.39, 0.29) is 5.92 Å². The van der Waals surface area contributed by atoms with E-state index in [4.69, 9.17) is 9.84 Å². The van der Waals surface area contributed by atoms with Crippen molar-refractivity contribution in [1.29, 1.82) is 0 Å². The van der Waals surface area contributed by atoms with Crippen LogP contribution in [0.1, 0.15) is 6.42 Å². The summed E-state index contributed by atoms with van der Waals surface area (Å²) in [6.45, 7) is 24.7. The Balaban J connectivity index is 0.000000461. The van der Waals surface area contributed by atoms with Crippen molar-refractivity contribution < 1.29 is 14.6 Å². The van der Waals surface area contributed by atoms with E-state index in [0.717, 1.165) is 0 Å². The van der Waals surface area contributed by atoms with Crippen LogP contribution in [0.5, 0.6) is 0 Å². The van der Waals surface area contributed by atoms with Crippen molar-refractivity contribution in [2.24, 2.45) is 5.92 Å². The van der Waals surface area contributed by atoms with E-state index in [2.05, 4.69) is 76.0 Å². The van der Waals surface area contributed by atoms with Gasteiger partial charge in [0.15, 0.2) is 0 Å². The number of aliphatic carboxylic acids is 1. The first-order chi connectivity index (χ1) is 9.55. The molecule has 3 nitrogen and oxygen atoms in total. The number of rotatable bonds is 4. The molecule has 0 amide bonds. The van der Waals surface area contributed by atoms with E-state index in [1.807, 2.05) is 0 Å². The van der Waals surface area contributed by atoms with Crippen molar-refractivity contribution in [1.82, 2.24) is 0 Å². The molecular weight excluding hydrogens is 335 g/mol. The monoisotopic (exact) mass is 370 g/mol. The molecule has 1 heterocycles. The van der Waals surface area contributed by atoms with E-state index in [1.165, 1.54) is 0 Å². The van der Waals surface area contributed by atoms with Crippen LogP contribution in [0.3, 0.4) is 0 Å². The molecule has 8 heteroatoms. The molecule has 1 N–H and O–H groups in total. The molecule has 1 aliphatic heterocycles. The number of carboxylic acid groups (broad SMARTS) is 1. The van der Waals surface area contributed by atoms with Gasteiger partial charge in [0, 0.05) is 6.61 Å². The number of ether oxygens (including phenoxy) is 1. The summed E-state index contributed by atoms with van der Waals surface area (Å²) in [5, 5.41) is 8.33. The molecule has 0 radical (unpaired) electrons. The number of hydrogen-bond donors (Lipinski definition) is 1. The zero-order valence-corrected chi connectivity index (χ0v) is 20.5. The van der Waals surface area contributed by atoms with Gasteiger partial charge in [-0.3, -0.25) is 4.79 Å².